The van der Waals surface area contributed by atoms with Crippen LogP contribution < -0.4 is 4.68 Å². The Morgan fingerprint density at radius 3 is 2.81 bits per heavy atom. The van der Waals surface area contributed by atoms with Crippen LogP contribution in [0.1, 0.15) is 26.3 Å². The van der Waals surface area contributed by atoms with Gasteiger partial charge in [0.15, 0.2) is 6.04 Å². The van der Waals surface area contributed by atoms with E-state index in [4.69, 9.17) is 0 Å². The summed E-state index contributed by atoms with van der Waals surface area (Å²) in [6, 6.07) is 7.06. The Kier molecular flexibility index (Phi) is 3.24. The highest BCUT2D eigenvalue weighted by atomic mass is 32.2. The Labute approximate surface area is 101 Å². The Bertz CT molecular complexity index is 502. The summed E-state index contributed by atoms with van der Waals surface area (Å²) < 4.78 is 4.58. The molecule has 1 unspecified atom stereocenters. The Morgan fingerprint density at radius 2 is 2.19 bits per heavy atom. The smallest absolute Gasteiger partial charge is 0.156 e. The van der Waals surface area contributed by atoms with E-state index in [-0.39, 0.29) is 0 Å². The van der Waals surface area contributed by atoms with Crippen molar-refractivity contribution in [2.45, 2.75) is 31.2 Å². The third kappa shape index (κ3) is 1.73. The minimum Gasteiger partial charge on any atom is -0.156 e. The van der Waals surface area contributed by atoms with Crippen LogP contribution in [0.3, 0.4) is 0 Å². The summed E-state index contributed by atoms with van der Waals surface area (Å²) in [7, 11) is 2.14. The minimum absolute atomic E-state index is 0.548. The van der Waals surface area contributed by atoms with Gasteiger partial charge in [-0.15, -0.1) is 16.4 Å². The number of hydrogen-bond acceptors (Lipinski definition) is 1. The highest BCUT2D eigenvalue weighted by molar-refractivity contribution is 7.98. The molecule has 0 saturated carbocycles. The molecule has 0 spiro atoms. The summed E-state index contributed by atoms with van der Waals surface area (Å²) in [4.78, 5) is 1.36. The van der Waals surface area contributed by atoms with Crippen LogP contribution in [0.5, 0.6) is 0 Å². The Morgan fingerprint density at radius 1 is 1.44 bits per heavy atom. The van der Waals surface area contributed by atoms with Crippen LogP contribution in [0.25, 0.3) is 10.9 Å². The number of rotatable bonds is 3. The van der Waals surface area contributed by atoms with Crippen molar-refractivity contribution in [1.82, 2.24) is 4.68 Å². The molecule has 1 atom stereocenters. The van der Waals surface area contributed by atoms with Crippen LogP contribution in [0, 0.1) is 0 Å². The SMILES string of the molecule is CCC(C)[n+]1cc2c(SC)cccc2n1C. The Hall–Kier alpha value is -0.960. The van der Waals surface area contributed by atoms with Crippen molar-refractivity contribution in [1.29, 1.82) is 0 Å². The highest BCUT2D eigenvalue weighted by Crippen LogP contribution is 2.25. The second kappa shape index (κ2) is 4.50. The van der Waals surface area contributed by atoms with E-state index >= 15 is 0 Å². The van der Waals surface area contributed by atoms with Crippen LogP contribution >= 0.6 is 11.8 Å². The van der Waals surface area contributed by atoms with Gasteiger partial charge in [0.2, 0.25) is 6.20 Å². The molecular formula is C13H19N2S+. The maximum Gasteiger partial charge on any atom is 0.204 e. The topological polar surface area (TPSA) is 8.81 Å². The van der Waals surface area contributed by atoms with Gasteiger partial charge in [0.25, 0.3) is 0 Å². The molecule has 0 bridgehead atoms. The molecule has 0 aliphatic heterocycles. The number of nitrogens with zero attached hydrogens (tertiary/aromatic N) is 2. The lowest BCUT2D eigenvalue weighted by molar-refractivity contribution is -0.791. The molecule has 0 amide bonds. The van der Waals surface area contributed by atoms with Gasteiger partial charge in [-0.1, -0.05) is 13.0 Å². The molecule has 0 radical (unpaired) electrons. The van der Waals surface area contributed by atoms with E-state index in [1.165, 1.54) is 15.8 Å². The fourth-order valence-electron chi connectivity index (χ4n) is 2.08. The van der Waals surface area contributed by atoms with Crippen molar-refractivity contribution in [2.75, 3.05) is 6.26 Å². The molecule has 1 aromatic heterocycles. The molecule has 0 saturated heterocycles. The van der Waals surface area contributed by atoms with Crippen LogP contribution in [0.15, 0.2) is 29.3 Å². The van der Waals surface area contributed by atoms with E-state index in [0.717, 1.165) is 6.42 Å². The summed E-state index contributed by atoms with van der Waals surface area (Å²) in [5.41, 5.74) is 1.31. The number of fused-ring (bicyclic) bond motifs is 1. The first-order chi connectivity index (χ1) is 7.69. The van der Waals surface area contributed by atoms with Gasteiger partial charge in [-0.3, -0.25) is 0 Å². The number of hydrogen-bond donors (Lipinski definition) is 0. The van der Waals surface area contributed by atoms with Gasteiger partial charge in [0.1, 0.15) is 5.52 Å². The third-order valence-electron chi connectivity index (χ3n) is 3.26. The van der Waals surface area contributed by atoms with Crippen LogP contribution in [-0.4, -0.2) is 10.9 Å². The van der Waals surface area contributed by atoms with Gasteiger partial charge >= 0.3 is 0 Å². The first kappa shape index (κ1) is 11.5. The van der Waals surface area contributed by atoms with Crippen molar-refractivity contribution in [2.24, 2.45) is 7.05 Å². The Balaban J connectivity index is 2.67. The average Bonchev–Trinajstić information content (AvgIpc) is 2.66. The number of benzene rings is 1. The summed E-state index contributed by atoms with van der Waals surface area (Å²) in [6.07, 6.45) is 5.56. The van der Waals surface area contributed by atoms with Crippen molar-refractivity contribution >= 4 is 22.7 Å². The van der Waals surface area contributed by atoms with E-state index in [2.05, 4.69) is 60.9 Å². The van der Waals surface area contributed by atoms with Gasteiger partial charge in [-0.25, -0.2) is 0 Å². The maximum atomic E-state index is 2.32. The van der Waals surface area contributed by atoms with Gasteiger partial charge < -0.3 is 0 Å². The summed E-state index contributed by atoms with van der Waals surface area (Å²) in [5.74, 6) is 0. The van der Waals surface area contributed by atoms with Crippen molar-refractivity contribution in [3.8, 4) is 0 Å². The van der Waals surface area contributed by atoms with Gasteiger partial charge in [0.05, 0.1) is 12.4 Å². The third-order valence-corrected chi connectivity index (χ3v) is 4.06. The molecule has 0 aliphatic carbocycles. The van der Waals surface area contributed by atoms with Crippen LogP contribution in [0.4, 0.5) is 0 Å². The number of thioether (sulfide) groups is 1. The predicted molar refractivity (Wildman–Crippen MR) is 69.9 cm³/mol. The van der Waals surface area contributed by atoms with E-state index in [1.807, 2.05) is 11.8 Å². The lowest BCUT2D eigenvalue weighted by Crippen LogP contribution is -2.44. The molecule has 86 valence electrons. The lowest BCUT2D eigenvalue weighted by atomic mass is 10.2. The first-order valence-electron chi connectivity index (χ1n) is 5.72. The fraction of sp³-hybridized carbons (Fsp3) is 0.462. The van der Waals surface area contributed by atoms with E-state index in [0.29, 0.717) is 6.04 Å². The zero-order valence-electron chi connectivity index (χ0n) is 10.4. The molecule has 0 aliphatic rings. The van der Waals surface area contributed by atoms with Crippen molar-refractivity contribution < 1.29 is 4.68 Å². The molecule has 2 rings (SSSR count). The molecule has 1 heterocycles. The molecule has 16 heavy (non-hydrogen) atoms. The molecule has 0 N–H and O–H groups in total. The predicted octanol–water partition coefficient (Wildman–Crippen LogP) is 3.16. The van der Waals surface area contributed by atoms with Gasteiger partial charge in [-0.2, -0.15) is 4.68 Å². The van der Waals surface area contributed by atoms with Crippen molar-refractivity contribution in [3.63, 3.8) is 0 Å². The van der Waals surface area contributed by atoms with E-state index < -0.39 is 0 Å². The summed E-state index contributed by atoms with van der Waals surface area (Å²) >= 11 is 1.81. The monoisotopic (exact) mass is 235 g/mol. The maximum absolute atomic E-state index is 2.32. The zero-order valence-corrected chi connectivity index (χ0v) is 11.2. The second-order valence-electron chi connectivity index (χ2n) is 4.18. The molecule has 3 heteroatoms. The average molecular weight is 235 g/mol. The molecule has 0 fully saturated rings. The van der Waals surface area contributed by atoms with Gasteiger partial charge in [-0.05, 0) is 18.4 Å². The standard InChI is InChI=1S/C13H19N2S/c1-5-10(2)15-9-11-12(14(15)3)7-6-8-13(11)16-4/h6-10H,5H2,1-4H3/q+1. The van der Waals surface area contributed by atoms with E-state index in [9.17, 15) is 0 Å². The largest absolute Gasteiger partial charge is 0.204 e. The van der Waals surface area contributed by atoms with Gasteiger partial charge in [0, 0.05) is 18.2 Å². The quantitative estimate of drug-likeness (QED) is 0.586. The molecule has 2 nitrogen and oxygen atoms in total. The first-order valence-corrected chi connectivity index (χ1v) is 6.95. The van der Waals surface area contributed by atoms with Crippen molar-refractivity contribution in [3.05, 3.63) is 24.4 Å². The normalized spacial score (nSPS) is 13.2. The zero-order chi connectivity index (χ0) is 11.7. The molecule has 2 aromatic rings. The minimum atomic E-state index is 0.548. The van der Waals surface area contributed by atoms with E-state index in [1.54, 1.807) is 0 Å². The summed E-state index contributed by atoms with van der Waals surface area (Å²) in [6.45, 7) is 4.49. The van der Waals surface area contributed by atoms with Crippen LogP contribution in [-0.2, 0) is 7.05 Å². The molecular weight excluding hydrogens is 216 g/mol. The highest BCUT2D eigenvalue weighted by Gasteiger charge is 2.19. The van der Waals surface area contributed by atoms with Crippen LogP contribution in [0.2, 0.25) is 0 Å². The second-order valence-corrected chi connectivity index (χ2v) is 5.03. The lowest BCUT2D eigenvalue weighted by Gasteiger charge is -2.03. The molecule has 1 aromatic carbocycles. The number of aryl methyl sites for hydroxylation is 1. The fourth-order valence-corrected chi connectivity index (χ4v) is 2.67. The number of aromatic nitrogens is 2. The summed E-state index contributed by atoms with van der Waals surface area (Å²) in [5, 5.41) is 1.36.